The summed E-state index contributed by atoms with van der Waals surface area (Å²) in [5.41, 5.74) is 1.99. The van der Waals surface area contributed by atoms with Crippen molar-refractivity contribution in [2.45, 2.75) is 0 Å². The van der Waals surface area contributed by atoms with Gasteiger partial charge in [-0.05, 0) is 36.4 Å². The lowest BCUT2D eigenvalue weighted by Crippen LogP contribution is -2.36. The first-order valence-corrected chi connectivity index (χ1v) is 8.42. The molecule has 0 unspecified atom stereocenters. The van der Waals surface area contributed by atoms with E-state index < -0.39 is 5.82 Å². The first kappa shape index (κ1) is 17.5. The molecule has 0 bridgehead atoms. The Balaban J connectivity index is 1.53. The number of ether oxygens (including phenoxy) is 1. The van der Waals surface area contributed by atoms with E-state index in [2.05, 4.69) is 15.5 Å². The van der Waals surface area contributed by atoms with Gasteiger partial charge in [-0.1, -0.05) is 17.7 Å². The molecule has 2 aromatic rings. The Morgan fingerprint density at radius 3 is 2.60 bits per heavy atom. The van der Waals surface area contributed by atoms with Crippen molar-refractivity contribution in [3.05, 3.63) is 53.3 Å². The smallest absolute Gasteiger partial charge is 0.243 e. The number of anilines is 3. The standard InChI is InChI=1S/C18H19ClFN3O2/c19-15-2-1-3-16(18(15)20)21-12-17(24)22-13-4-6-14(7-5-13)23-8-10-25-11-9-23/h1-7,21H,8-12H2,(H,22,24). The first-order valence-electron chi connectivity index (χ1n) is 8.04. The van der Waals surface area contributed by atoms with E-state index in [4.69, 9.17) is 16.3 Å². The Hall–Kier alpha value is -2.31. The maximum absolute atomic E-state index is 13.8. The van der Waals surface area contributed by atoms with Crippen LogP contribution in [-0.2, 0) is 9.53 Å². The summed E-state index contributed by atoms with van der Waals surface area (Å²) in [6, 6.07) is 12.2. The number of carbonyl (C=O) groups excluding carboxylic acids is 1. The van der Waals surface area contributed by atoms with Crippen molar-refractivity contribution in [2.75, 3.05) is 48.4 Å². The van der Waals surface area contributed by atoms with E-state index in [1.807, 2.05) is 24.3 Å². The fourth-order valence-electron chi connectivity index (χ4n) is 2.60. The molecule has 0 aromatic heterocycles. The molecule has 2 aromatic carbocycles. The number of halogens is 2. The number of nitrogens with zero attached hydrogens (tertiary/aromatic N) is 1. The van der Waals surface area contributed by atoms with Gasteiger partial charge in [0, 0.05) is 24.5 Å². The summed E-state index contributed by atoms with van der Waals surface area (Å²) in [5.74, 6) is -0.828. The molecule has 0 spiro atoms. The molecule has 1 saturated heterocycles. The minimum atomic E-state index is -0.563. The van der Waals surface area contributed by atoms with Crippen LogP contribution < -0.4 is 15.5 Å². The average Bonchev–Trinajstić information content (AvgIpc) is 2.64. The van der Waals surface area contributed by atoms with E-state index >= 15 is 0 Å². The quantitative estimate of drug-likeness (QED) is 0.855. The van der Waals surface area contributed by atoms with E-state index in [1.165, 1.54) is 12.1 Å². The normalized spacial score (nSPS) is 14.2. The maximum atomic E-state index is 13.8. The second-order valence-corrected chi connectivity index (χ2v) is 6.06. The molecule has 1 heterocycles. The third-order valence-electron chi connectivity index (χ3n) is 3.92. The molecule has 7 heteroatoms. The Bertz CT molecular complexity index is 734. The molecule has 0 saturated carbocycles. The van der Waals surface area contributed by atoms with E-state index in [0.717, 1.165) is 32.0 Å². The highest BCUT2D eigenvalue weighted by Crippen LogP contribution is 2.22. The lowest BCUT2D eigenvalue weighted by atomic mass is 10.2. The van der Waals surface area contributed by atoms with Crippen molar-refractivity contribution in [1.29, 1.82) is 0 Å². The van der Waals surface area contributed by atoms with Crippen molar-refractivity contribution < 1.29 is 13.9 Å². The molecule has 3 rings (SSSR count). The van der Waals surface area contributed by atoms with Gasteiger partial charge in [-0.25, -0.2) is 4.39 Å². The van der Waals surface area contributed by atoms with Gasteiger partial charge in [0.1, 0.15) is 0 Å². The summed E-state index contributed by atoms with van der Waals surface area (Å²) in [5, 5.41) is 5.54. The Kier molecular flexibility index (Phi) is 5.73. The van der Waals surface area contributed by atoms with E-state index in [0.29, 0.717) is 5.69 Å². The number of amides is 1. The molecule has 2 N–H and O–H groups in total. The zero-order chi connectivity index (χ0) is 17.6. The maximum Gasteiger partial charge on any atom is 0.243 e. The molecule has 25 heavy (non-hydrogen) atoms. The summed E-state index contributed by atoms with van der Waals surface area (Å²) < 4.78 is 19.1. The molecule has 0 aliphatic carbocycles. The number of hydrogen-bond acceptors (Lipinski definition) is 4. The van der Waals surface area contributed by atoms with Crippen LogP contribution in [0.2, 0.25) is 5.02 Å². The third-order valence-corrected chi connectivity index (χ3v) is 4.21. The molecule has 0 atom stereocenters. The number of carbonyl (C=O) groups is 1. The van der Waals surface area contributed by atoms with Crippen molar-refractivity contribution in [2.24, 2.45) is 0 Å². The minimum absolute atomic E-state index is 0.0177. The van der Waals surface area contributed by atoms with Crippen molar-refractivity contribution in [1.82, 2.24) is 0 Å². The fraction of sp³-hybridized carbons (Fsp3) is 0.278. The number of nitrogens with one attached hydrogen (secondary N) is 2. The molecule has 1 amide bonds. The lowest BCUT2D eigenvalue weighted by molar-refractivity contribution is -0.114. The minimum Gasteiger partial charge on any atom is -0.378 e. The van der Waals surface area contributed by atoms with Crippen molar-refractivity contribution in [3.63, 3.8) is 0 Å². The molecular weight excluding hydrogens is 345 g/mol. The molecule has 5 nitrogen and oxygen atoms in total. The molecular formula is C18H19ClFN3O2. The van der Waals surface area contributed by atoms with Gasteiger partial charge in [-0.2, -0.15) is 0 Å². The molecule has 1 aliphatic rings. The van der Waals surface area contributed by atoms with Gasteiger partial charge in [-0.15, -0.1) is 0 Å². The van der Waals surface area contributed by atoms with Gasteiger partial charge in [-0.3, -0.25) is 4.79 Å². The zero-order valence-corrected chi connectivity index (χ0v) is 14.4. The zero-order valence-electron chi connectivity index (χ0n) is 13.6. The fourth-order valence-corrected chi connectivity index (χ4v) is 2.77. The summed E-state index contributed by atoms with van der Waals surface area (Å²) in [4.78, 5) is 14.2. The number of morpholine rings is 1. The highest BCUT2D eigenvalue weighted by molar-refractivity contribution is 6.31. The van der Waals surface area contributed by atoms with E-state index in [1.54, 1.807) is 6.07 Å². The summed E-state index contributed by atoms with van der Waals surface area (Å²) in [7, 11) is 0. The second kappa shape index (κ2) is 8.18. The van der Waals surface area contributed by atoms with Gasteiger partial charge in [0.15, 0.2) is 5.82 Å². The molecule has 132 valence electrons. The van der Waals surface area contributed by atoms with Crippen LogP contribution in [0.4, 0.5) is 21.5 Å². The van der Waals surface area contributed by atoms with Crippen LogP contribution >= 0.6 is 11.6 Å². The third kappa shape index (κ3) is 4.61. The van der Waals surface area contributed by atoms with Crippen LogP contribution in [0, 0.1) is 5.82 Å². The van der Waals surface area contributed by atoms with Crippen LogP contribution in [0.15, 0.2) is 42.5 Å². The van der Waals surface area contributed by atoms with Crippen LogP contribution in [-0.4, -0.2) is 38.8 Å². The van der Waals surface area contributed by atoms with Gasteiger partial charge in [0.25, 0.3) is 0 Å². The molecule has 0 radical (unpaired) electrons. The molecule has 1 aliphatic heterocycles. The van der Waals surface area contributed by atoms with Gasteiger partial charge < -0.3 is 20.3 Å². The first-order chi connectivity index (χ1) is 12.1. The second-order valence-electron chi connectivity index (χ2n) is 5.65. The lowest BCUT2D eigenvalue weighted by Gasteiger charge is -2.28. The summed E-state index contributed by atoms with van der Waals surface area (Å²) in [6.45, 7) is 3.12. The summed E-state index contributed by atoms with van der Waals surface area (Å²) >= 11 is 5.71. The number of benzene rings is 2. The highest BCUT2D eigenvalue weighted by Gasteiger charge is 2.11. The van der Waals surface area contributed by atoms with Gasteiger partial charge in [0.2, 0.25) is 5.91 Å². The number of hydrogen-bond donors (Lipinski definition) is 2. The van der Waals surface area contributed by atoms with Crippen LogP contribution in [0.1, 0.15) is 0 Å². The van der Waals surface area contributed by atoms with E-state index in [9.17, 15) is 9.18 Å². The Morgan fingerprint density at radius 2 is 1.88 bits per heavy atom. The predicted molar refractivity (Wildman–Crippen MR) is 98.0 cm³/mol. The van der Waals surface area contributed by atoms with Crippen LogP contribution in [0.3, 0.4) is 0 Å². The van der Waals surface area contributed by atoms with Crippen molar-refractivity contribution >= 4 is 34.6 Å². The van der Waals surface area contributed by atoms with Crippen LogP contribution in [0.5, 0.6) is 0 Å². The Labute approximate surface area is 150 Å². The predicted octanol–water partition coefficient (Wildman–Crippen LogP) is 3.37. The Morgan fingerprint density at radius 1 is 1.16 bits per heavy atom. The topological polar surface area (TPSA) is 53.6 Å². The highest BCUT2D eigenvalue weighted by atomic mass is 35.5. The van der Waals surface area contributed by atoms with E-state index in [-0.39, 0.29) is 23.2 Å². The monoisotopic (exact) mass is 363 g/mol. The van der Waals surface area contributed by atoms with Gasteiger partial charge >= 0.3 is 0 Å². The largest absolute Gasteiger partial charge is 0.378 e. The SMILES string of the molecule is O=C(CNc1cccc(Cl)c1F)Nc1ccc(N2CCOCC2)cc1. The summed E-state index contributed by atoms with van der Waals surface area (Å²) in [6.07, 6.45) is 0. The van der Waals surface area contributed by atoms with Crippen molar-refractivity contribution in [3.8, 4) is 0 Å². The average molecular weight is 364 g/mol. The van der Waals surface area contributed by atoms with Crippen LogP contribution in [0.25, 0.3) is 0 Å². The molecule has 1 fully saturated rings. The number of rotatable bonds is 5. The van der Waals surface area contributed by atoms with Gasteiger partial charge in [0.05, 0.1) is 30.5 Å².